The van der Waals surface area contributed by atoms with Crippen molar-refractivity contribution in [1.29, 1.82) is 0 Å². The van der Waals surface area contributed by atoms with E-state index in [-0.39, 0.29) is 17.2 Å². The molecule has 0 bridgehead atoms. The molecule has 1 aromatic carbocycles. The molecule has 186 valence electrons. The molecule has 6 rings (SSSR count). The van der Waals surface area contributed by atoms with Crippen LogP contribution in [0.1, 0.15) is 26.1 Å². The summed E-state index contributed by atoms with van der Waals surface area (Å²) in [6.45, 7) is 8.13. The lowest BCUT2D eigenvalue weighted by atomic mass is 10.0. The highest BCUT2D eigenvalue weighted by molar-refractivity contribution is 5.83. The van der Waals surface area contributed by atoms with E-state index in [9.17, 15) is 4.39 Å². The van der Waals surface area contributed by atoms with Crippen molar-refractivity contribution in [1.82, 2.24) is 29.4 Å². The summed E-state index contributed by atoms with van der Waals surface area (Å²) in [5, 5.41) is 3.04. The standard InChI is InChI=1S/C26H28F2N8/c1-26(2)7-6-22-32-24-18(27)12-16(13-20(24)36(22)26)23-19(28)15-30-25(33-23)31-21-5-4-17(14-29-21)35-10-8-34(3)9-11-35/h4-5,12-15H,6-11H2,1-3H3,(H,29,30,31,33). The van der Waals surface area contributed by atoms with E-state index in [0.717, 1.165) is 56.7 Å². The summed E-state index contributed by atoms with van der Waals surface area (Å²) in [5.41, 5.74) is 2.18. The normalized spacial score (nSPS) is 17.5. The lowest BCUT2D eigenvalue weighted by Gasteiger charge is -2.33. The van der Waals surface area contributed by atoms with Gasteiger partial charge >= 0.3 is 0 Å². The molecule has 0 unspecified atom stereocenters. The van der Waals surface area contributed by atoms with Crippen LogP contribution in [0.25, 0.3) is 22.3 Å². The Labute approximate surface area is 208 Å². The monoisotopic (exact) mass is 490 g/mol. The predicted molar refractivity (Wildman–Crippen MR) is 136 cm³/mol. The number of rotatable bonds is 4. The van der Waals surface area contributed by atoms with Gasteiger partial charge in [0.2, 0.25) is 5.95 Å². The Morgan fingerprint density at radius 2 is 1.75 bits per heavy atom. The Balaban J connectivity index is 1.29. The van der Waals surface area contributed by atoms with Crippen LogP contribution < -0.4 is 10.2 Å². The molecule has 0 saturated carbocycles. The van der Waals surface area contributed by atoms with Gasteiger partial charge in [-0.05, 0) is 51.6 Å². The summed E-state index contributed by atoms with van der Waals surface area (Å²) in [5.74, 6) is 0.461. The van der Waals surface area contributed by atoms with Crippen molar-refractivity contribution < 1.29 is 8.78 Å². The van der Waals surface area contributed by atoms with E-state index in [2.05, 4.69) is 60.5 Å². The zero-order valence-electron chi connectivity index (χ0n) is 20.6. The lowest BCUT2D eigenvalue weighted by molar-refractivity contribution is 0.313. The van der Waals surface area contributed by atoms with Crippen molar-refractivity contribution in [3.63, 3.8) is 0 Å². The quantitative estimate of drug-likeness (QED) is 0.456. The number of hydrogen-bond donors (Lipinski definition) is 1. The number of hydrogen-bond acceptors (Lipinski definition) is 7. The summed E-state index contributed by atoms with van der Waals surface area (Å²) in [6, 6.07) is 6.90. The predicted octanol–water partition coefficient (Wildman–Crippen LogP) is 4.34. The highest BCUT2D eigenvalue weighted by Gasteiger charge is 2.33. The van der Waals surface area contributed by atoms with Crippen molar-refractivity contribution in [2.24, 2.45) is 0 Å². The number of aromatic nitrogens is 5. The van der Waals surface area contributed by atoms with E-state index >= 15 is 4.39 Å². The van der Waals surface area contributed by atoms with Crippen LogP contribution >= 0.6 is 0 Å². The summed E-state index contributed by atoms with van der Waals surface area (Å²) >= 11 is 0. The van der Waals surface area contributed by atoms with Crippen molar-refractivity contribution in [2.75, 3.05) is 43.4 Å². The van der Waals surface area contributed by atoms with Crippen LogP contribution in [0.5, 0.6) is 0 Å². The SMILES string of the molecule is CN1CCN(c2ccc(Nc3ncc(F)c(-c4cc(F)c5nc6n(c5c4)C(C)(C)CC6)n3)nc2)CC1. The van der Waals surface area contributed by atoms with E-state index in [1.807, 2.05) is 18.3 Å². The van der Waals surface area contributed by atoms with Crippen molar-refractivity contribution in [2.45, 2.75) is 32.2 Å². The molecule has 5 heterocycles. The Bertz CT molecular complexity index is 1440. The average molecular weight is 491 g/mol. The smallest absolute Gasteiger partial charge is 0.229 e. The first-order valence-electron chi connectivity index (χ1n) is 12.2. The van der Waals surface area contributed by atoms with Gasteiger partial charge < -0.3 is 19.7 Å². The molecule has 0 aliphatic carbocycles. The van der Waals surface area contributed by atoms with E-state index in [4.69, 9.17) is 0 Å². The number of fused-ring (bicyclic) bond motifs is 3. The number of aryl methyl sites for hydroxylation is 1. The van der Waals surface area contributed by atoms with Gasteiger partial charge in [0.1, 0.15) is 22.9 Å². The summed E-state index contributed by atoms with van der Waals surface area (Å²) < 4.78 is 32.0. The zero-order chi connectivity index (χ0) is 25.0. The van der Waals surface area contributed by atoms with Crippen LogP contribution in [0.3, 0.4) is 0 Å². The zero-order valence-corrected chi connectivity index (χ0v) is 20.6. The summed E-state index contributed by atoms with van der Waals surface area (Å²) in [7, 11) is 2.12. The lowest BCUT2D eigenvalue weighted by Crippen LogP contribution is -2.44. The molecule has 0 radical (unpaired) electrons. The van der Waals surface area contributed by atoms with E-state index in [1.165, 1.54) is 6.07 Å². The Kier molecular flexibility index (Phi) is 5.36. The fraction of sp³-hybridized carbons (Fsp3) is 0.385. The number of pyridine rings is 1. The molecular formula is C26H28F2N8. The second-order valence-corrected chi connectivity index (χ2v) is 10.2. The van der Waals surface area contributed by atoms with E-state index in [1.54, 1.807) is 6.07 Å². The van der Waals surface area contributed by atoms with Gasteiger partial charge in [0.05, 0.1) is 23.6 Å². The highest BCUT2D eigenvalue weighted by Crippen LogP contribution is 2.38. The van der Waals surface area contributed by atoms with Crippen molar-refractivity contribution in [3.8, 4) is 11.3 Å². The second kappa shape index (κ2) is 8.48. The fourth-order valence-corrected chi connectivity index (χ4v) is 5.15. The van der Waals surface area contributed by atoms with E-state index in [0.29, 0.717) is 22.4 Å². The third kappa shape index (κ3) is 3.95. The summed E-state index contributed by atoms with van der Waals surface area (Å²) in [6.07, 6.45) is 4.61. The summed E-state index contributed by atoms with van der Waals surface area (Å²) in [4.78, 5) is 22.0. The molecule has 4 aromatic rings. The molecule has 2 aliphatic heterocycles. The van der Waals surface area contributed by atoms with Crippen molar-refractivity contribution >= 4 is 28.5 Å². The third-order valence-electron chi connectivity index (χ3n) is 7.22. The first kappa shape index (κ1) is 22.8. The molecule has 1 N–H and O–H groups in total. The van der Waals surface area contributed by atoms with Crippen LogP contribution in [0, 0.1) is 11.6 Å². The molecule has 0 atom stereocenters. The average Bonchev–Trinajstić information content (AvgIpc) is 3.39. The van der Waals surface area contributed by atoms with Gasteiger partial charge in [0.25, 0.3) is 0 Å². The molecule has 1 fully saturated rings. The number of halogens is 2. The number of piperazine rings is 1. The van der Waals surface area contributed by atoms with Crippen LogP contribution in [0.15, 0.2) is 36.7 Å². The highest BCUT2D eigenvalue weighted by atomic mass is 19.1. The number of nitrogens with one attached hydrogen (secondary N) is 1. The largest absolute Gasteiger partial charge is 0.368 e. The van der Waals surface area contributed by atoms with Crippen LogP contribution in [-0.2, 0) is 12.0 Å². The number of benzene rings is 1. The third-order valence-corrected chi connectivity index (χ3v) is 7.22. The van der Waals surface area contributed by atoms with Gasteiger partial charge in [-0.2, -0.15) is 0 Å². The van der Waals surface area contributed by atoms with Gasteiger partial charge in [-0.3, -0.25) is 0 Å². The van der Waals surface area contributed by atoms with Crippen molar-refractivity contribution in [3.05, 3.63) is 54.1 Å². The first-order chi connectivity index (χ1) is 17.3. The van der Waals surface area contributed by atoms with Gasteiger partial charge in [-0.1, -0.05) is 0 Å². The molecule has 10 heteroatoms. The Morgan fingerprint density at radius 1 is 0.944 bits per heavy atom. The molecule has 1 saturated heterocycles. The molecular weight excluding hydrogens is 462 g/mol. The van der Waals surface area contributed by atoms with Crippen LogP contribution in [0.4, 0.5) is 26.2 Å². The van der Waals surface area contributed by atoms with Gasteiger partial charge in [-0.15, -0.1) is 0 Å². The topological polar surface area (TPSA) is 75.0 Å². The maximum atomic E-state index is 15.1. The number of nitrogens with zero attached hydrogens (tertiary/aromatic N) is 7. The molecule has 0 amide bonds. The molecule has 0 spiro atoms. The molecule has 8 nitrogen and oxygen atoms in total. The minimum absolute atomic E-state index is 0.0220. The molecule has 3 aromatic heterocycles. The number of likely N-dealkylation sites (N-methyl/N-ethyl adjacent to an activating group) is 1. The van der Waals surface area contributed by atoms with Gasteiger partial charge in [-0.25, -0.2) is 28.7 Å². The Hall–Kier alpha value is -3.66. The van der Waals surface area contributed by atoms with Crippen LogP contribution in [0.2, 0.25) is 0 Å². The molecule has 36 heavy (non-hydrogen) atoms. The van der Waals surface area contributed by atoms with Gasteiger partial charge in [0.15, 0.2) is 11.6 Å². The minimum atomic E-state index is -0.627. The fourth-order valence-electron chi connectivity index (χ4n) is 5.15. The first-order valence-corrected chi connectivity index (χ1v) is 12.2. The Morgan fingerprint density at radius 3 is 2.50 bits per heavy atom. The van der Waals surface area contributed by atoms with Gasteiger partial charge in [0, 0.05) is 43.7 Å². The number of imidazole rings is 1. The maximum Gasteiger partial charge on any atom is 0.229 e. The minimum Gasteiger partial charge on any atom is -0.368 e. The maximum absolute atomic E-state index is 15.1. The number of anilines is 3. The second-order valence-electron chi connectivity index (χ2n) is 10.2. The molecule has 2 aliphatic rings. The van der Waals surface area contributed by atoms with Crippen LogP contribution in [-0.4, -0.2) is 62.6 Å². The van der Waals surface area contributed by atoms with E-state index < -0.39 is 11.6 Å².